The summed E-state index contributed by atoms with van der Waals surface area (Å²) in [7, 11) is 0. The summed E-state index contributed by atoms with van der Waals surface area (Å²) >= 11 is 0. The van der Waals surface area contributed by atoms with Crippen LogP contribution in [0.5, 0.6) is 0 Å². The van der Waals surface area contributed by atoms with Crippen LogP contribution in [0, 0.1) is 0 Å². The Kier molecular flexibility index (Phi) is 3.22. The van der Waals surface area contributed by atoms with Gasteiger partial charge in [0.05, 0.1) is 13.1 Å². The van der Waals surface area contributed by atoms with E-state index < -0.39 is 0 Å². The second-order valence-corrected chi connectivity index (χ2v) is 3.12. The predicted octanol–water partition coefficient (Wildman–Crippen LogP) is -0.603. The first-order valence-electron chi connectivity index (χ1n) is 4.17. The zero-order valence-electron chi connectivity index (χ0n) is 7.30. The summed E-state index contributed by atoms with van der Waals surface area (Å²) in [4.78, 5) is 23.6. The Morgan fingerprint density at radius 2 is 2.42 bits per heavy atom. The molecular weight excluding hydrogens is 156 g/mol. The Morgan fingerprint density at radius 1 is 1.67 bits per heavy atom. The van der Waals surface area contributed by atoms with E-state index in [9.17, 15) is 9.59 Å². The van der Waals surface area contributed by atoms with E-state index in [0.29, 0.717) is 13.1 Å². The Bertz CT molecular complexity index is 191. The van der Waals surface area contributed by atoms with Crippen LogP contribution in [0.3, 0.4) is 0 Å². The summed E-state index contributed by atoms with van der Waals surface area (Å²) in [5, 5.41) is 2.76. The second-order valence-electron chi connectivity index (χ2n) is 3.12. The van der Waals surface area contributed by atoms with E-state index in [0.717, 1.165) is 19.5 Å². The lowest BCUT2D eigenvalue weighted by molar-refractivity contribution is -0.122. The highest BCUT2D eigenvalue weighted by Crippen LogP contribution is 1.95. The molecule has 1 fully saturated rings. The molecule has 0 aromatic carbocycles. The van der Waals surface area contributed by atoms with Crippen LogP contribution in [-0.2, 0) is 9.59 Å². The highest BCUT2D eigenvalue weighted by atomic mass is 16.2. The monoisotopic (exact) mass is 170 g/mol. The van der Waals surface area contributed by atoms with Gasteiger partial charge in [-0.25, -0.2) is 0 Å². The van der Waals surface area contributed by atoms with Crippen LogP contribution in [0.15, 0.2) is 0 Å². The fourth-order valence-corrected chi connectivity index (χ4v) is 1.32. The first-order valence-corrected chi connectivity index (χ1v) is 4.17. The summed E-state index contributed by atoms with van der Waals surface area (Å²) in [5.74, 6) is 0.137. The molecule has 1 saturated heterocycles. The standard InChI is InChI=1S/C8H14N2O2/c1-7(11)5-10-4-2-3-9-8(12)6-10/h2-6H2,1H3,(H,9,12). The molecule has 12 heavy (non-hydrogen) atoms. The molecule has 0 unspecified atom stereocenters. The molecule has 0 radical (unpaired) electrons. The van der Waals surface area contributed by atoms with Crippen molar-refractivity contribution in [2.75, 3.05) is 26.2 Å². The maximum absolute atomic E-state index is 11.0. The van der Waals surface area contributed by atoms with Crippen LogP contribution >= 0.6 is 0 Å². The lowest BCUT2D eigenvalue weighted by Gasteiger charge is -2.15. The number of ketones is 1. The normalized spacial score (nSPS) is 19.9. The van der Waals surface area contributed by atoms with Crippen LogP contribution < -0.4 is 5.32 Å². The summed E-state index contributed by atoms with van der Waals surface area (Å²) < 4.78 is 0. The number of amides is 1. The molecule has 1 N–H and O–H groups in total. The minimum Gasteiger partial charge on any atom is -0.355 e. The van der Waals surface area contributed by atoms with Crippen molar-refractivity contribution in [2.45, 2.75) is 13.3 Å². The fourth-order valence-electron chi connectivity index (χ4n) is 1.32. The second kappa shape index (κ2) is 4.21. The van der Waals surface area contributed by atoms with Gasteiger partial charge < -0.3 is 5.32 Å². The third-order valence-corrected chi connectivity index (χ3v) is 1.79. The molecule has 1 aliphatic rings. The lowest BCUT2D eigenvalue weighted by Crippen LogP contribution is -2.35. The molecule has 68 valence electrons. The molecule has 0 bridgehead atoms. The zero-order chi connectivity index (χ0) is 8.97. The summed E-state index contributed by atoms with van der Waals surface area (Å²) in [5.41, 5.74) is 0. The average molecular weight is 170 g/mol. The molecule has 1 heterocycles. The third kappa shape index (κ3) is 3.00. The van der Waals surface area contributed by atoms with Crippen LogP contribution in [0.1, 0.15) is 13.3 Å². The van der Waals surface area contributed by atoms with Crippen LogP contribution in [0.4, 0.5) is 0 Å². The molecule has 1 rings (SSSR count). The maximum Gasteiger partial charge on any atom is 0.234 e. The van der Waals surface area contributed by atoms with E-state index in [4.69, 9.17) is 0 Å². The maximum atomic E-state index is 11.0. The molecule has 0 aliphatic carbocycles. The third-order valence-electron chi connectivity index (χ3n) is 1.79. The fraction of sp³-hybridized carbons (Fsp3) is 0.750. The van der Waals surface area contributed by atoms with Gasteiger partial charge in [-0.1, -0.05) is 0 Å². The minimum atomic E-state index is 0.0220. The average Bonchev–Trinajstić information content (AvgIpc) is 2.12. The van der Waals surface area contributed by atoms with Crippen LogP contribution in [0.2, 0.25) is 0 Å². The van der Waals surface area contributed by atoms with Gasteiger partial charge in [-0.15, -0.1) is 0 Å². The van der Waals surface area contributed by atoms with Crippen molar-refractivity contribution in [3.05, 3.63) is 0 Å². The van der Waals surface area contributed by atoms with E-state index in [1.54, 1.807) is 6.92 Å². The number of hydrogen-bond acceptors (Lipinski definition) is 3. The Balaban J connectivity index is 2.41. The molecule has 4 heteroatoms. The van der Waals surface area contributed by atoms with Gasteiger partial charge in [0.2, 0.25) is 5.91 Å². The highest BCUT2D eigenvalue weighted by Gasteiger charge is 2.14. The van der Waals surface area contributed by atoms with Crippen molar-refractivity contribution in [3.63, 3.8) is 0 Å². The molecule has 0 aromatic heterocycles. The first-order chi connectivity index (χ1) is 5.68. The van der Waals surface area contributed by atoms with Crippen molar-refractivity contribution in [3.8, 4) is 0 Å². The van der Waals surface area contributed by atoms with Gasteiger partial charge in [-0.05, 0) is 13.3 Å². The van der Waals surface area contributed by atoms with Crippen molar-refractivity contribution in [1.29, 1.82) is 0 Å². The van der Waals surface area contributed by atoms with Gasteiger partial charge in [0, 0.05) is 13.1 Å². The number of Topliss-reactive ketones (excluding diaryl/α,β-unsaturated/α-hetero) is 1. The number of hydrogen-bond donors (Lipinski definition) is 1. The van der Waals surface area contributed by atoms with Crippen LogP contribution in [-0.4, -0.2) is 42.8 Å². The Hall–Kier alpha value is -0.900. The van der Waals surface area contributed by atoms with Crippen molar-refractivity contribution < 1.29 is 9.59 Å². The minimum absolute atomic E-state index is 0.0220. The number of nitrogens with one attached hydrogen (secondary N) is 1. The van der Waals surface area contributed by atoms with E-state index in [1.807, 2.05) is 4.90 Å². The molecule has 4 nitrogen and oxygen atoms in total. The number of carbonyl (C=O) groups is 2. The molecule has 0 spiro atoms. The quantitative estimate of drug-likeness (QED) is 0.602. The smallest absolute Gasteiger partial charge is 0.234 e. The topological polar surface area (TPSA) is 49.4 Å². The molecule has 0 aromatic rings. The van der Waals surface area contributed by atoms with Crippen molar-refractivity contribution in [2.24, 2.45) is 0 Å². The van der Waals surface area contributed by atoms with Crippen molar-refractivity contribution >= 4 is 11.7 Å². The Morgan fingerprint density at radius 3 is 3.08 bits per heavy atom. The largest absolute Gasteiger partial charge is 0.355 e. The van der Waals surface area contributed by atoms with Gasteiger partial charge in [-0.3, -0.25) is 14.5 Å². The number of rotatable bonds is 2. The molecule has 0 atom stereocenters. The van der Waals surface area contributed by atoms with E-state index in [1.165, 1.54) is 0 Å². The Labute approximate surface area is 71.9 Å². The molecule has 0 saturated carbocycles. The predicted molar refractivity (Wildman–Crippen MR) is 44.7 cm³/mol. The zero-order valence-corrected chi connectivity index (χ0v) is 7.30. The van der Waals surface area contributed by atoms with E-state index in [-0.39, 0.29) is 11.7 Å². The van der Waals surface area contributed by atoms with Gasteiger partial charge >= 0.3 is 0 Å². The van der Waals surface area contributed by atoms with Gasteiger partial charge in [-0.2, -0.15) is 0 Å². The van der Waals surface area contributed by atoms with Crippen molar-refractivity contribution in [1.82, 2.24) is 10.2 Å². The van der Waals surface area contributed by atoms with E-state index in [2.05, 4.69) is 5.32 Å². The summed E-state index contributed by atoms with van der Waals surface area (Å²) in [6, 6.07) is 0. The number of carbonyl (C=O) groups excluding carboxylic acids is 2. The first kappa shape index (κ1) is 9.19. The van der Waals surface area contributed by atoms with Gasteiger partial charge in [0.15, 0.2) is 0 Å². The molecule has 1 aliphatic heterocycles. The lowest BCUT2D eigenvalue weighted by atomic mass is 10.3. The van der Waals surface area contributed by atoms with Gasteiger partial charge in [0.25, 0.3) is 0 Å². The SMILES string of the molecule is CC(=O)CN1CCCNC(=O)C1. The molecule has 1 amide bonds. The van der Waals surface area contributed by atoms with E-state index >= 15 is 0 Å². The molecular formula is C8H14N2O2. The van der Waals surface area contributed by atoms with Gasteiger partial charge in [0.1, 0.15) is 5.78 Å². The number of nitrogens with zero attached hydrogens (tertiary/aromatic N) is 1. The summed E-state index contributed by atoms with van der Waals surface area (Å²) in [6.45, 7) is 3.86. The highest BCUT2D eigenvalue weighted by molar-refractivity contribution is 5.81. The summed E-state index contributed by atoms with van der Waals surface area (Å²) in [6.07, 6.45) is 0.930. The van der Waals surface area contributed by atoms with Crippen LogP contribution in [0.25, 0.3) is 0 Å².